The number of nitrogens with two attached hydrogens (primary N) is 3. The van der Waals surface area contributed by atoms with Gasteiger partial charge in [0.05, 0.1) is 0 Å². The van der Waals surface area contributed by atoms with Crippen molar-refractivity contribution in [3.8, 4) is 0 Å². The van der Waals surface area contributed by atoms with E-state index < -0.39 is 0 Å². The first-order valence-electron chi connectivity index (χ1n) is 1.32. The second kappa shape index (κ2) is 26.4. The van der Waals surface area contributed by atoms with Crippen LogP contribution in [-0.2, 0) is 44.8 Å². The fraction of sp³-hybridized carbons (Fsp3) is 1.00. The summed E-state index contributed by atoms with van der Waals surface area (Å²) in [6.45, 7) is 1.19. The third-order valence-corrected chi connectivity index (χ3v) is 0.167. The molecule has 0 saturated carbocycles. The Bertz CT molecular complexity index is 12.9. The maximum atomic E-state index is 4.90. The summed E-state index contributed by atoms with van der Waals surface area (Å²) in [5.41, 5.74) is 9.81. The van der Waals surface area contributed by atoms with Gasteiger partial charge in [0.15, 0.2) is 0 Å². The molecule has 0 spiro atoms. The quantitative estimate of drug-likeness (QED) is 0.645. The molecule has 6 N–H and O–H groups in total. The summed E-state index contributed by atoms with van der Waals surface area (Å²) in [7, 11) is 0. The molecule has 0 fully saturated rings. The van der Waals surface area contributed by atoms with E-state index in [1.54, 1.807) is 0 Å². The molecule has 0 radical (unpaired) electrons. The van der Waals surface area contributed by atoms with E-state index in [1.807, 2.05) is 0 Å². The number of hydrogen-bond acceptors (Lipinski definition) is 2. The van der Waals surface area contributed by atoms with E-state index in [9.17, 15) is 0 Å². The Balaban J connectivity index is -0.0000000150. The molecule has 7 heavy (non-hydrogen) atoms. The summed E-state index contributed by atoms with van der Waals surface area (Å²) >= 11 is 0. The minimum absolute atomic E-state index is 0. The Kier molecular flexibility index (Phi) is 89.7. The molecule has 0 aliphatic carbocycles. The molecule has 54 valence electrons. The van der Waals surface area contributed by atoms with E-state index in [2.05, 4.69) is 0 Å². The summed E-state index contributed by atoms with van der Waals surface area (Å²) in [4.78, 5) is 0. The van der Waals surface area contributed by atoms with Gasteiger partial charge in [-0.25, -0.2) is 0 Å². The molecular formula is C2H10Ag2N3+. The molecular weight excluding hydrogens is 282 g/mol. The number of hydrogen-bond donors (Lipinski definition) is 2. The molecule has 0 unspecified atom stereocenters. The van der Waals surface area contributed by atoms with Gasteiger partial charge < -0.3 is 17.6 Å². The van der Waals surface area contributed by atoms with Crippen molar-refractivity contribution in [3.63, 3.8) is 0 Å². The van der Waals surface area contributed by atoms with E-state index in [0.29, 0.717) is 13.1 Å². The van der Waals surface area contributed by atoms with Gasteiger partial charge >= 0.3 is 44.8 Å². The zero-order valence-electron chi connectivity index (χ0n) is 3.75. The van der Waals surface area contributed by atoms with E-state index >= 15 is 0 Å². The smallest absolute Gasteiger partial charge is 0.693 e. The Morgan fingerprint density at radius 1 is 0.857 bits per heavy atom. The van der Waals surface area contributed by atoms with Crippen molar-refractivity contribution >= 4 is 0 Å². The van der Waals surface area contributed by atoms with Gasteiger partial charge in [-0.15, -0.1) is 0 Å². The molecule has 0 saturated heterocycles. The predicted octanol–water partition coefficient (Wildman–Crippen LogP) is -0.384. The average molecular weight is 292 g/mol. The van der Waals surface area contributed by atoms with Crippen LogP contribution < -0.4 is 11.5 Å². The van der Waals surface area contributed by atoms with E-state index in [1.165, 1.54) is 0 Å². The fourth-order valence-electron chi connectivity index (χ4n) is 0. The Hall–Kier alpha value is 1.36. The van der Waals surface area contributed by atoms with Gasteiger partial charge in [0.2, 0.25) is 0 Å². The summed E-state index contributed by atoms with van der Waals surface area (Å²) < 4.78 is 0. The summed E-state index contributed by atoms with van der Waals surface area (Å²) in [6, 6.07) is 0. The summed E-state index contributed by atoms with van der Waals surface area (Å²) in [5, 5.41) is 0. The molecule has 0 aromatic carbocycles. The molecule has 0 heterocycles. The zero-order chi connectivity index (χ0) is 3.41. The molecule has 0 bridgehead atoms. The normalized spacial score (nSPS) is 4.29. The van der Waals surface area contributed by atoms with Crippen LogP contribution in [0, 0.1) is 0 Å². The number of rotatable bonds is 1. The first-order chi connectivity index (χ1) is 1.91. The van der Waals surface area contributed by atoms with Crippen LogP contribution in [-0.4, -0.2) is 13.1 Å². The molecule has 0 aromatic heterocycles. The van der Waals surface area contributed by atoms with Crippen molar-refractivity contribution in [1.29, 1.82) is 0 Å². The molecule has 0 aliphatic rings. The molecule has 0 atom stereocenters. The average Bonchev–Trinajstić information content (AvgIpc) is 1.37. The van der Waals surface area contributed by atoms with Crippen LogP contribution in [0.1, 0.15) is 0 Å². The monoisotopic (exact) mass is 290 g/mol. The van der Waals surface area contributed by atoms with E-state index in [4.69, 9.17) is 11.5 Å². The molecule has 0 rings (SSSR count). The third-order valence-electron chi connectivity index (χ3n) is 0.167. The van der Waals surface area contributed by atoms with Gasteiger partial charge in [-0.05, 0) is 0 Å². The topological polar surface area (TPSA) is 85.5 Å². The van der Waals surface area contributed by atoms with Crippen LogP contribution in [0.4, 0.5) is 0 Å². The van der Waals surface area contributed by atoms with Crippen LogP contribution in [0.5, 0.6) is 0 Å². The molecule has 0 aliphatic heterocycles. The van der Waals surface area contributed by atoms with Crippen molar-refractivity contribution in [3.05, 3.63) is 6.15 Å². The van der Waals surface area contributed by atoms with Gasteiger partial charge in [0, 0.05) is 13.1 Å². The first kappa shape index (κ1) is 23.8. The molecule has 5 heteroatoms. The van der Waals surface area contributed by atoms with Crippen LogP contribution in [0.25, 0.3) is 6.15 Å². The van der Waals surface area contributed by atoms with Crippen molar-refractivity contribution in [2.45, 2.75) is 0 Å². The maximum Gasteiger partial charge on any atom is 1.00 e. The van der Waals surface area contributed by atoms with Crippen molar-refractivity contribution in [1.82, 2.24) is 0 Å². The molecule has 0 amide bonds. The van der Waals surface area contributed by atoms with Gasteiger partial charge in [0.25, 0.3) is 0 Å². The van der Waals surface area contributed by atoms with Crippen LogP contribution in [0.15, 0.2) is 0 Å². The van der Waals surface area contributed by atoms with Crippen LogP contribution in [0.2, 0.25) is 0 Å². The minimum atomic E-state index is 0. The van der Waals surface area contributed by atoms with E-state index in [0.717, 1.165) is 0 Å². The zero-order valence-corrected chi connectivity index (χ0v) is 6.71. The largest absolute Gasteiger partial charge is 1.00 e. The van der Waals surface area contributed by atoms with Gasteiger partial charge in [0.1, 0.15) is 0 Å². The van der Waals surface area contributed by atoms with Crippen LogP contribution in [0.3, 0.4) is 0 Å². The van der Waals surface area contributed by atoms with Crippen LogP contribution >= 0.6 is 0 Å². The summed E-state index contributed by atoms with van der Waals surface area (Å²) in [6.07, 6.45) is 0. The van der Waals surface area contributed by atoms with Crippen molar-refractivity contribution < 1.29 is 44.8 Å². The second-order valence-corrected chi connectivity index (χ2v) is 0.577. The van der Waals surface area contributed by atoms with Gasteiger partial charge in [-0.2, -0.15) is 0 Å². The van der Waals surface area contributed by atoms with E-state index in [-0.39, 0.29) is 50.9 Å². The standard InChI is InChI=1S/C2H8N2.2Ag.H2N/c3-1-2-4;;;/h1-4H2;;;1H2/q;2*+1;-1. The second-order valence-electron chi connectivity index (χ2n) is 0.577. The SMILES string of the molecule is NCCN.[Ag+].[Ag+].[NH2-]. The maximum absolute atomic E-state index is 4.90. The Morgan fingerprint density at radius 2 is 1.00 bits per heavy atom. The minimum Gasteiger partial charge on any atom is -0.693 e. The van der Waals surface area contributed by atoms with Crippen molar-refractivity contribution in [2.75, 3.05) is 13.1 Å². The molecule has 0 aromatic rings. The molecule has 3 nitrogen and oxygen atoms in total. The fourth-order valence-corrected chi connectivity index (χ4v) is 0. The third kappa shape index (κ3) is 38.0. The van der Waals surface area contributed by atoms with Crippen molar-refractivity contribution in [2.24, 2.45) is 11.5 Å². The Labute approximate surface area is 75.2 Å². The Morgan fingerprint density at radius 3 is 1.00 bits per heavy atom. The first-order valence-corrected chi connectivity index (χ1v) is 1.32. The predicted molar refractivity (Wildman–Crippen MR) is 23.4 cm³/mol. The summed E-state index contributed by atoms with van der Waals surface area (Å²) in [5.74, 6) is 0. The van der Waals surface area contributed by atoms with Gasteiger partial charge in [-0.3, -0.25) is 0 Å². The van der Waals surface area contributed by atoms with Gasteiger partial charge in [-0.1, -0.05) is 0 Å².